The Morgan fingerprint density at radius 2 is 1.80 bits per heavy atom. The summed E-state index contributed by atoms with van der Waals surface area (Å²) in [6, 6.07) is 0. The van der Waals surface area contributed by atoms with Crippen LogP contribution in [0.4, 0.5) is 0 Å². The van der Waals surface area contributed by atoms with Crippen molar-refractivity contribution >= 4 is 0 Å². The summed E-state index contributed by atoms with van der Waals surface area (Å²) in [4.78, 5) is 0. The van der Waals surface area contributed by atoms with Crippen molar-refractivity contribution in [1.29, 1.82) is 0 Å². The zero-order valence-corrected chi connectivity index (χ0v) is 6.72. The van der Waals surface area contributed by atoms with Crippen molar-refractivity contribution in [2.24, 2.45) is 17.8 Å². The van der Waals surface area contributed by atoms with Crippen LogP contribution in [-0.4, -0.2) is 0 Å². The standard InChI is InChI=1S/C8H14.C2H2/c1-6-4-7-2-3-8(6)5-7;1-2/h6-8H,2-5H2,1H3;1-2H. The molecule has 0 saturated heterocycles. The van der Waals surface area contributed by atoms with E-state index in [0.29, 0.717) is 0 Å². The summed E-state index contributed by atoms with van der Waals surface area (Å²) in [5.41, 5.74) is 0. The lowest BCUT2D eigenvalue weighted by atomic mass is 9.91. The lowest BCUT2D eigenvalue weighted by Crippen LogP contribution is -2.04. The van der Waals surface area contributed by atoms with Crippen LogP contribution in [0.5, 0.6) is 0 Å². The van der Waals surface area contributed by atoms with Crippen LogP contribution >= 0.6 is 0 Å². The second-order valence-electron chi connectivity index (χ2n) is 3.65. The maximum Gasteiger partial charge on any atom is -0.0386 e. The molecule has 2 rings (SSSR count). The molecule has 0 heteroatoms. The molecular weight excluding hydrogens is 120 g/mol. The molecule has 0 amide bonds. The maximum absolute atomic E-state index is 4.00. The van der Waals surface area contributed by atoms with Gasteiger partial charge in [0.25, 0.3) is 0 Å². The molecule has 0 N–H and O–H groups in total. The largest absolute Gasteiger partial charge is 0.124 e. The molecule has 2 saturated carbocycles. The molecule has 0 aliphatic heterocycles. The second-order valence-corrected chi connectivity index (χ2v) is 3.65. The Bertz CT molecular complexity index is 121. The lowest BCUT2D eigenvalue weighted by molar-refractivity contribution is 0.360. The molecule has 3 unspecified atom stereocenters. The first kappa shape index (κ1) is 7.66. The molecule has 2 aliphatic carbocycles. The molecule has 0 spiro atoms. The Morgan fingerprint density at radius 3 is 2.00 bits per heavy atom. The summed E-state index contributed by atoms with van der Waals surface area (Å²) in [6.07, 6.45) is 14.2. The third-order valence-electron chi connectivity index (χ3n) is 3.09. The number of hydrogen-bond donors (Lipinski definition) is 0. The molecule has 2 fully saturated rings. The van der Waals surface area contributed by atoms with E-state index in [-0.39, 0.29) is 0 Å². The van der Waals surface area contributed by atoms with Crippen molar-refractivity contribution in [2.45, 2.75) is 32.6 Å². The van der Waals surface area contributed by atoms with Crippen LogP contribution in [0.2, 0.25) is 0 Å². The van der Waals surface area contributed by atoms with E-state index in [1.165, 1.54) is 0 Å². The smallest absolute Gasteiger partial charge is 0.0386 e. The third-order valence-corrected chi connectivity index (χ3v) is 3.09. The molecule has 10 heavy (non-hydrogen) atoms. The van der Waals surface area contributed by atoms with Gasteiger partial charge < -0.3 is 0 Å². The van der Waals surface area contributed by atoms with Gasteiger partial charge in [0, 0.05) is 0 Å². The van der Waals surface area contributed by atoms with Gasteiger partial charge in [-0.15, -0.1) is 12.8 Å². The summed E-state index contributed by atoms with van der Waals surface area (Å²) in [5, 5.41) is 0. The predicted molar refractivity (Wildman–Crippen MR) is 44.5 cm³/mol. The first-order valence-electron chi connectivity index (χ1n) is 4.19. The highest BCUT2D eigenvalue weighted by atomic mass is 14.4. The first-order valence-corrected chi connectivity index (χ1v) is 4.19. The van der Waals surface area contributed by atoms with E-state index in [4.69, 9.17) is 0 Å². The van der Waals surface area contributed by atoms with Gasteiger partial charge in [0.2, 0.25) is 0 Å². The average molecular weight is 136 g/mol. The van der Waals surface area contributed by atoms with Crippen molar-refractivity contribution in [3.8, 4) is 12.8 Å². The van der Waals surface area contributed by atoms with E-state index in [2.05, 4.69) is 19.8 Å². The number of terminal acetylenes is 1. The SMILES string of the molecule is C#C.CC1CC2CCC1C2. The fraction of sp³-hybridized carbons (Fsp3) is 0.800. The van der Waals surface area contributed by atoms with Gasteiger partial charge >= 0.3 is 0 Å². The molecule has 0 aromatic carbocycles. The van der Waals surface area contributed by atoms with Gasteiger partial charge in [0.15, 0.2) is 0 Å². The zero-order chi connectivity index (χ0) is 7.56. The summed E-state index contributed by atoms with van der Waals surface area (Å²) >= 11 is 0. The Morgan fingerprint density at radius 1 is 1.10 bits per heavy atom. The molecule has 0 aromatic rings. The molecule has 0 heterocycles. The van der Waals surface area contributed by atoms with Crippen LogP contribution < -0.4 is 0 Å². The Kier molecular flexibility index (Phi) is 2.38. The van der Waals surface area contributed by atoms with Gasteiger partial charge in [-0.3, -0.25) is 0 Å². The van der Waals surface area contributed by atoms with Crippen molar-refractivity contribution in [3.63, 3.8) is 0 Å². The van der Waals surface area contributed by atoms with Crippen molar-refractivity contribution in [3.05, 3.63) is 0 Å². The van der Waals surface area contributed by atoms with Gasteiger partial charge in [-0.2, -0.15) is 0 Å². The van der Waals surface area contributed by atoms with Crippen molar-refractivity contribution in [1.82, 2.24) is 0 Å². The van der Waals surface area contributed by atoms with Crippen LogP contribution in [-0.2, 0) is 0 Å². The highest BCUT2D eigenvalue weighted by Gasteiger charge is 2.36. The minimum Gasteiger partial charge on any atom is -0.124 e. The maximum atomic E-state index is 4.00. The minimum absolute atomic E-state index is 1.08. The Hall–Kier alpha value is -0.440. The van der Waals surface area contributed by atoms with Gasteiger partial charge in [0.1, 0.15) is 0 Å². The zero-order valence-electron chi connectivity index (χ0n) is 6.72. The number of hydrogen-bond acceptors (Lipinski definition) is 0. The average Bonchev–Trinajstić information content (AvgIpc) is 2.52. The van der Waals surface area contributed by atoms with E-state index >= 15 is 0 Å². The molecule has 56 valence electrons. The summed E-state index contributed by atoms with van der Waals surface area (Å²) < 4.78 is 0. The molecule has 3 atom stereocenters. The topological polar surface area (TPSA) is 0 Å². The fourth-order valence-corrected chi connectivity index (χ4v) is 2.56. The normalized spacial score (nSPS) is 42.5. The second kappa shape index (κ2) is 3.10. The third kappa shape index (κ3) is 1.19. The molecular formula is C10H16. The molecule has 2 bridgehead atoms. The summed E-state index contributed by atoms with van der Waals surface area (Å²) in [6.45, 7) is 2.42. The number of fused-ring (bicyclic) bond motifs is 2. The molecule has 0 nitrogen and oxygen atoms in total. The fourth-order valence-electron chi connectivity index (χ4n) is 2.56. The molecule has 0 radical (unpaired) electrons. The van der Waals surface area contributed by atoms with Gasteiger partial charge in [-0.05, 0) is 37.0 Å². The van der Waals surface area contributed by atoms with E-state index in [9.17, 15) is 0 Å². The Balaban J connectivity index is 0.000000231. The highest BCUT2D eigenvalue weighted by molar-refractivity contribution is 4.87. The van der Waals surface area contributed by atoms with Gasteiger partial charge in [-0.25, -0.2) is 0 Å². The van der Waals surface area contributed by atoms with Crippen LogP contribution in [0.25, 0.3) is 0 Å². The van der Waals surface area contributed by atoms with E-state index in [0.717, 1.165) is 17.8 Å². The van der Waals surface area contributed by atoms with Gasteiger partial charge in [0.05, 0.1) is 0 Å². The van der Waals surface area contributed by atoms with Crippen molar-refractivity contribution < 1.29 is 0 Å². The van der Waals surface area contributed by atoms with Gasteiger partial charge in [-0.1, -0.05) is 13.3 Å². The van der Waals surface area contributed by atoms with Crippen LogP contribution in [0.3, 0.4) is 0 Å². The number of rotatable bonds is 0. The van der Waals surface area contributed by atoms with E-state index in [1.807, 2.05) is 0 Å². The van der Waals surface area contributed by atoms with E-state index in [1.54, 1.807) is 25.7 Å². The van der Waals surface area contributed by atoms with Crippen LogP contribution in [0, 0.1) is 30.6 Å². The lowest BCUT2D eigenvalue weighted by Gasteiger charge is -2.15. The quantitative estimate of drug-likeness (QED) is 0.449. The summed E-state index contributed by atoms with van der Waals surface area (Å²) in [7, 11) is 0. The van der Waals surface area contributed by atoms with Crippen LogP contribution in [0.15, 0.2) is 0 Å². The highest BCUT2D eigenvalue weighted by Crippen LogP contribution is 2.47. The summed E-state index contributed by atoms with van der Waals surface area (Å²) in [5.74, 6) is 3.36. The van der Waals surface area contributed by atoms with Crippen molar-refractivity contribution in [2.75, 3.05) is 0 Å². The van der Waals surface area contributed by atoms with Crippen LogP contribution in [0.1, 0.15) is 32.6 Å². The minimum atomic E-state index is 1.08. The van der Waals surface area contributed by atoms with E-state index < -0.39 is 0 Å². The Labute approximate surface area is 64.0 Å². The molecule has 0 aromatic heterocycles. The monoisotopic (exact) mass is 136 g/mol. The molecule has 2 aliphatic rings. The first-order chi connectivity index (χ1) is 4.86. The predicted octanol–water partition coefficient (Wildman–Crippen LogP) is 2.69.